The molecule has 1 aromatic carbocycles. The standard InChI is InChI=1S/C75H118N18O23S2/c1-35(2)25-49-68(109)83-47(20-22-58(96)97)65(106)86-51(27-37(5)6)70(111)90-54(30-60(100)101)72(113)82-46(19-15-16-24-76)64(105)89-53(29-43-31-78-45-18-14-13-17-44(43)45)67(108)81-41(11)63(104)91-55(32-94)73(114)88-52(28-38(7)8)71(112)93-56(74(115)80-39(9)61(77)102)33-117-118-34-57(92-62(103)40(10)79-42(12)95)75(116)84-48(21-23-59(98)99)66(107)85-50(26-36(3)4)69(110)87-49/h13-14,17-18,31,35-41,46-57,78,94H,15-16,19-30,32-34,76H2,1-12H3,(H2,77,102)(H,79,95)(H,80,115)(H,81,108)(H,82,113)(H,83,109)(H,84,116)(H,85,107)(H,86,106)(H,87,110)(H,88,114)(H,89,105)(H,90,111)(H,91,104)(H,92,103)(H,93,112)(H,96,97)(H,98,99)(H,100,101)/t39-,40-,41-,46-,47-,48-,49-,50-,51-,52-,53-,54-,55-,56-,57-/m0/s1. The molecule has 3 rings (SSSR count). The van der Waals surface area contributed by atoms with Crippen LogP contribution < -0.4 is 91.2 Å². The number of aliphatic hydroxyl groups is 1. The van der Waals surface area contributed by atoms with Crippen molar-refractivity contribution < 1.29 is 112 Å². The topological polar surface area (TPSA) is 654 Å². The summed E-state index contributed by atoms with van der Waals surface area (Å²) < 4.78 is 0. The first-order chi connectivity index (χ1) is 55.3. The molecule has 0 spiro atoms. The maximum atomic E-state index is 14.8. The molecule has 0 radical (unpaired) electrons. The lowest BCUT2D eigenvalue weighted by atomic mass is 9.98. The summed E-state index contributed by atoms with van der Waals surface area (Å²) >= 11 is 0. The smallest absolute Gasteiger partial charge is 0.305 e. The van der Waals surface area contributed by atoms with Gasteiger partial charge >= 0.3 is 17.9 Å². The first kappa shape index (κ1) is 102. The summed E-state index contributed by atoms with van der Waals surface area (Å²) in [5.41, 5.74) is 12.4. The van der Waals surface area contributed by atoms with Crippen molar-refractivity contribution in [3.05, 3.63) is 36.0 Å². The van der Waals surface area contributed by atoms with Crippen molar-refractivity contribution in [1.82, 2.24) is 84.7 Å². The Morgan fingerprint density at radius 1 is 0.466 bits per heavy atom. The molecule has 16 amide bonds. The molecular formula is C75H118N18O23S2. The molecule has 1 saturated heterocycles. The van der Waals surface area contributed by atoms with Crippen LogP contribution in [0.3, 0.4) is 0 Å². The third kappa shape index (κ3) is 36.4. The minimum Gasteiger partial charge on any atom is -0.481 e. The van der Waals surface area contributed by atoms with Gasteiger partial charge in [0.15, 0.2) is 0 Å². The van der Waals surface area contributed by atoms with Crippen molar-refractivity contribution >= 4 is 145 Å². The minimum absolute atomic E-state index is 0.0949. The van der Waals surface area contributed by atoms with Gasteiger partial charge in [-0.2, -0.15) is 0 Å². The van der Waals surface area contributed by atoms with E-state index in [-0.39, 0.29) is 57.9 Å². The number of hydrogen-bond donors (Lipinski definition) is 22. The number of H-pyrrole nitrogens is 1. The molecule has 1 fully saturated rings. The molecule has 1 aliphatic rings. The number of unbranched alkanes of at least 4 members (excludes halogenated alkanes) is 1. The number of nitrogens with one attached hydrogen (secondary N) is 16. The number of amides is 16. The number of para-hydroxylation sites is 1. The number of benzene rings is 1. The molecule has 43 heteroatoms. The first-order valence-corrected chi connectivity index (χ1v) is 41.4. The van der Waals surface area contributed by atoms with Crippen molar-refractivity contribution in [2.45, 2.75) is 257 Å². The van der Waals surface area contributed by atoms with E-state index in [1.54, 1.807) is 85.9 Å². The van der Waals surface area contributed by atoms with Gasteiger partial charge in [0.25, 0.3) is 0 Å². The van der Waals surface area contributed by atoms with Crippen LogP contribution in [0, 0.1) is 23.7 Å². The van der Waals surface area contributed by atoms with Crippen molar-refractivity contribution in [2.24, 2.45) is 35.1 Å². The molecule has 24 N–H and O–H groups in total. The van der Waals surface area contributed by atoms with Crippen molar-refractivity contribution in [3.8, 4) is 0 Å². The van der Waals surface area contributed by atoms with E-state index in [0.29, 0.717) is 16.5 Å². The fourth-order valence-corrected chi connectivity index (χ4v) is 14.3. The van der Waals surface area contributed by atoms with Crippen LogP contribution in [-0.4, -0.2) is 253 Å². The van der Waals surface area contributed by atoms with Crippen LogP contribution in [-0.2, 0) is 97.5 Å². The van der Waals surface area contributed by atoms with Gasteiger partial charge in [-0.3, -0.25) is 91.1 Å². The lowest BCUT2D eigenvalue weighted by Gasteiger charge is -2.29. The second-order valence-corrected chi connectivity index (χ2v) is 33.2. The van der Waals surface area contributed by atoms with Gasteiger partial charge in [0.1, 0.15) is 90.6 Å². The second kappa shape index (κ2) is 50.8. The van der Waals surface area contributed by atoms with Crippen LogP contribution in [0.15, 0.2) is 30.5 Å². The maximum Gasteiger partial charge on any atom is 0.305 e. The molecule has 15 atom stereocenters. The molecular weight excluding hydrogens is 1590 g/mol. The Morgan fingerprint density at radius 2 is 0.864 bits per heavy atom. The Bertz CT molecular complexity index is 3860. The number of aliphatic carboxylic acids is 3. The summed E-state index contributed by atoms with van der Waals surface area (Å²) in [5.74, 6) is -24.2. The van der Waals surface area contributed by atoms with Crippen LogP contribution in [0.5, 0.6) is 0 Å². The lowest BCUT2D eigenvalue weighted by Crippen LogP contribution is -2.61. The predicted octanol–water partition coefficient (Wildman–Crippen LogP) is -3.55. The maximum absolute atomic E-state index is 14.8. The third-order valence-electron chi connectivity index (χ3n) is 18.2. The zero-order valence-electron chi connectivity index (χ0n) is 68.4. The SMILES string of the molecule is CC(=O)N[C@@H](C)C(=O)N[C@H]1CSSC[C@@H](C(=O)N[C@@H](C)C(N)=O)NC(=O)[C@H](CC(C)C)NC(=O)[C@H](CO)NC(=O)[C@H](C)NC(=O)[C@H](Cc2c[nH]c3ccccc23)NC(=O)[C@H](CCCCN)NC(=O)[C@H](CC(=O)O)NC(=O)[C@H](CC(C)C)NC(=O)[C@H](CCC(=O)O)NC(=O)[C@H](CC(C)C)NC(=O)[C@H](CC(C)C)NC(=O)[C@H](CCC(=O)O)NC1=O. The van der Waals surface area contributed by atoms with Crippen molar-refractivity contribution in [1.29, 1.82) is 0 Å². The highest BCUT2D eigenvalue weighted by Crippen LogP contribution is 2.25. The van der Waals surface area contributed by atoms with E-state index >= 15 is 0 Å². The van der Waals surface area contributed by atoms with Gasteiger partial charge < -0.3 is 117 Å². The zero-order chi connectivity index (χ0) is 89.0. The number of aromatic amines is 1. The predicted molar refractivity (Wildman–Crippen MR) is 432 cm³/mol. The van der Waals surface area contributed by atoms with E-state index in [2.05, 4.69) is 84.7 Å². The highest BCUT2D eigenvalue weighted by molar-refractivity contribution is 8.76. The van der Waals surface area contributed by atoms with Crippen LogP contribution >= 0.6 is 21.6 Å². The van der Waals surface area contributed by atoms with Crippen molar-refractivity contribution in [3.63, 3.8) is 0 Å². The molecule has 2 heterocycles. The minimum atomic E-state index is -2.03. The summed E-state index contributed by atoms with van der Waals surface area (Å²) in [4.78, 5) is 266. The molecule has 41 nitrogen and oxygen atoms in total. The second-order valence-electron chi connectivity index (χ2n) is 30.6. The third-order valence-corrected chi connectivity index (χ3v) is 20.7. The monoisotopic (exact) mass is 1700 g/mol. The summed E-state index contributed by atoms with van der Waals surface area (Å²) in [5, 5.41) is 78.1. The number of hydrogen-bond acceptors (Lipinski definition) is 23. The zero-order valence-corrected chi connectivity index (χ0v) is 70.0. The number of primary amides is 1. The highest BCUT2D eigenvalue weighted by atomic mass is 33.1. The molecule has 658 valence electrons. The van der Waals surface area contributed by atoms with Gasteiger partial charge in [-0.05, 0) is 120 Å². The number of nitrogens with two attached hydrogens (primary N) is 2. The quantitative estimate of drug-likeness (QED) is 0.0277. The van der Waals surface area contributed by atoms with Crippen LogP contribution in [0.25, 0.3) is 10.9 Å². The van der Waals surface area contributed by atoms with E-state index in [9.17, 15) is 112 Å². The van der Waals surface area contributed by atoms with E-state index in [4.69, 9.17) is 11.5 Å². The van der Waals surface area contributed by atoms with Crippen LogP contribution in [0.4, 0.5) is 0 Å². The summed E-state index contributed by atoms with van der Waals surface area (Å²) in [6, 6.07) is -17.9. The Labute approximate surface area is 691 Å². The van der Waals surface area contributed by atoms with E-state index < -0.39 is 277 Å². The Morgan fingerprint density at radius 3 is 1.31 bits per heavy atom. The number of carbonyl (C=O) groups excluding carboxylic acids is 16. The summed E-state index contributed by atoms with van der Waals surface area (Å²) in [6.45, 7) is 17.0. The average molecular weight is 1700 g/mol. The van der Waals surface area contributed by atoms with Crippen molar-refractivity contribution in [2.75, 3.05) is 24.7 Å². The lowest BCUT2D eigenvalue weighted by molar-refractivity contribution is -0.142. The fourth-order valence-electron chi connectivity index (χ4n) is 12.0. The van der Waals surface area contributed by atoms with Gasteiger partial charge in [0.05, 0.1) is 13.0 Å². The average Bonchev–Trinajstić information content (AvgIpc) is 1.69. The molecule has 0 aliphatic carbocycles. The largest absolute Gasteiger partial charge is 0.481 e. The number of carboxylic acids is 3. The number of fused-ring (bicyclic) bond motifs is 1. The van der Waals surface area contributed by atoms with Gasteiger partial charge in [-0.25, -0.2) is 0 Å². The number of aromatic nitrogens is 1. The Balaban J connectivity index is 2.37. The Hall–Kier alpha value is -10.7. The summed E-state index contributed by atoms with van der Waals surface area (Å²) in [7, 11) is 1.59. The van der Waals surface area contributed by atoms with Gasteiger partial charge in [0.2, 0.25) is 94.5 Å². The van der Waals surface area contributed by atoms with Gasteiger partial charge in [-0.1, -0.05) is 95.2 Å². The first-order valence-electron chi connectivity index (χ1n) is 38.9. The normalized spacial score (nSPS) is 24.2. The molecule has 0 bridgehead atoms. The van der Waals surface area contributed by atoms with Crippen LogP contribution in [0.2, 0.25) is 0 Å². The molecule has 1 aromatic heterocycles. The fraction of sp³-hybridized carbons (Fsp3) is 0.640. The molecule has 0 unspecified atom stereocenters. The van der Waals surface area contributed by atoms with E-state index in [0.717, 1.165) is 28.5 Å². The van der Waals surface area contributed by atoms with Crippen LogP contribution in [0.1, 0.15) is 166 Å². The van der Waals surface area contributed by atoms with Gasteiger partial charge in [0, 0.05) is 54.8 Å². The summed E-state index contributed by atoms with van der Waals surface area (Å²) in [6.07, 6.45) is -3.32. The number of carbonyl (C=O) groups is 19. The van der Waals surface area contributed by atoms with E-state index in [1.807, 2.05) is 0 Å². The highest BCUT2D eigenvalue weighted by Gasteiger charge is 2.40. The van der Waals surface area contributed by atoms with Gasteiger partial charge in [-0.15, -0.1) is 0 Å². The molecule has 2 aromatic rings. The number of rotatable bonds is 29. The molecule has 1 aliphatic heterocycles. The molecule has 0 saturated carbocycles. The Kier molecular flexibility index (Phi) is 43.7. The van der Waals surface area contributed by atoms with E-state index in [1.165, 1.54) is 20.8 Å². The molecule has 118 heavy (non-hydrogen) atoms. The number of aliphatic hydroxyl groups excluding tert-OH is 1. The number of carboxylic acid groups (broad SMARTS) is 3.